The molecule has 5 nitrogen and oxygen atoms in total. The first kappa shape index (κ1) is 15.4. The number of methoxy groups -OCH3 is 1. The van der Waals surface area contributed by atoms with Gasteiger partial charge >= 0.3 is 0 Å². The quantitative estimate of drug-likeness (QED) is 0.914. The Morgan fingerprint density at radius 1 is 1.24 bits per heavy atom. The van der Waals surface area contributed by atoms with E-state index in [1.807, 2.05) is 36.1 Å². The third-order valence-corrected chi connectivity index (χ3v) is 4.20. The number of primary amides is 1. The summed E-state index contributed by atoms with van der Waals surface area (Å²) in [6.45, 7) is 3.12. The van der Waals surface area contributed by atoms with E-state index in [4.69, 9.17) is 10.5 Å². The number of carbonyl (C=O) groups is 2. The zero-order valence-electron chi connectivity index (χ0n) is 12.5. The van der Waals surface area contributed by atoms with E-state index < -0.39 is 0 Å². The van der Waals surface area contributed by atoms with Crippen molar-refractivity contribution < 1.29 is 14.3 Å². The van der Waals surface area contributed by atoms with Gasteiger partial charge in [-0.15, -0.1) is 0 Å². The predicted molar refractivity (Wildman–Crippen MR) is 79.9 cm³/mol. The molecule has 2 rings (SSSR count). The van der Waals surface area contributed by atoms with Gasteiger partial charge in [0.15, 0.2) is 0 Å². The van der Waals surface area contributed by atoms with E-state index in [2.05, 4.69) is 0 Å². The topological polar surface area (TPSA) is 72.6 Å². The molecule has 1 aromatic rings. The number of nitrogens with zero attached hydrogens (tertiary/aromatic N) is 1. The molecule has 1 aromatic carbocycles. The van der Waals surface area contributed by atoms with Crippen LogP contribution in [0.15, 0.2) is 24.3 Å². The lowest BCUT2D eigenvalue weighted by Gasteiger charge is -2.32. The van der Waals surface area contributed by atoms with Crippen molar-refractivity contribution in [3.05, 3.63) is 29.8 Å². The predicted octanol–water partition coefficient (Wildman–Crippen LogP) is 1.52. The fraction of sp³-hybridized carbons (Fsp3) is 0.500. The number of benzene rings is 1. The van der Waals surface area contributed by atoms with Crippen LogP contribution in [0.4, 0.5) is 0 Å². The van der Waals surface area contributed by atoms with Crippen molar-refractivity contribution in [2.75, 3.05) is 20.2 Å². The molecule has 2 amide bonds. The van der Waals surface area contributed by atoms with Crippen LogP contribution in [0.1, 0.15) is 31.2 Å². The summed E-state index contributed by atoms with van der Waals surface area (Å²) in [5, 5.41) is 0. The minimum atomic E-state index is -0.259. The zero-order chi connectivity index (χ0) is 15.4. The monoisotopic (exact) mass is 290 g/mol. The summed E-state index contributed by atoms with van der Waals surface area (Å²) in [7, 11) is 1.62. The molecule has 5 heteroatoms. The van der Waals surface area contributed by atoms with Crippen LogP contribution >= 0.6 is 0 Å². The van der Waals surface area contributed by atoms with Gasteiger partial charge in [-0.2, -0.15) is 0 Å². The first-order chi connectivity index (χ1) is 10.0. The standard InChI is InChI=1S/C16H22N2O3/c1-11(12-3-5-14(21-2)6-4-12)16(20)18-9-7-13(8-10-18)15(17)19/h3-6,11,13H,7-10H2,1-2H3,(H2,17,19). The molecule has 0 spiro atoms. The van der Waals surface area contributed by atoms with Crippen molar-refractivity contribution in [2.24, 2.45) is 11.7 Å². The molecule has 1 heterocycles. The van der Waals surface area contributed by atoms with Crippen LogP contribution in [0.25, 0.3) is 0 Å². The summed E-state index contributed by atoms with van der Waals surface area (Å²) in [5.41, 5.74) is 6.28. The van der Waals surface area contributed by atoms with Crippen molar-refractivity contribution >= 4 is 11.8 Å². The Bertz CT molecular complexity index is 505. The van der Waals surface area contributed by atoms with Crippen LogP contribution in [0.2, 0.25) is 0 Å². The van der Waals surface area contributed by atoms with Gasteiger partial charge in [0.25, 0.3) is 0 Å². The molecule has 0 bridgehead atoms. The van der Waals surface area contributed by atoms with Crippen molar-refractivity contribution in [1.29, 1.82) is 0 Å². The van der Waals surface area contributed by atoms with E-state index in [9.17, 15) is 9.59 Å². The molecule has 0 aliphatic carbocycles. The van der Waals surface area contributed by atoms with E-state index in [1.54, 1.807) is 7.11 Å². The van der Waals surface area contributed by atoms with E-state index in [0.717, 1.165) is 11.3 Å². The average molecular weight is 290 g/mol. The Labute approximate surface area is 125 Å². The summed E-state index contributed by atoms with van der Waals surface area (Å²) in [6, 6.07) is 7.55. The molecule has 2 N–H and O–H groups in total. The van der Waals surface area contributed by atoms with Gasteiger partial charge in [0.05, 0.1) is 13.0 Å². The number of hydrogen-bond acceptors (Lipinski definition) is 3. The zero-order valence-corrected chi connectivity index (χ0v) is 12.5. The van der Waals surface area contributed by atoms with E-state index in [1.165, 1.54) is 0 Å². The first-order valence-corrected chi connectivity index (χ1v) is 7.25. The van der Waals surface area contributed by atoms with Gasteiger partial charge < -0.3 is 15.4 Å². The van der Waals surface area contributed by atoms with Crippen LogP contribution in [0.5, 0.6) is 5.75 Å². The number of nitrogens with two attached hydrogens (primary N) is 1. The number of piperidine rings is 1. The second-order valence-corrected chi connectivity index (χ2v) is 5.50. The summed E-state index contributed by atoms with van der Waals surface area (Å²) in [5.74, 6) is 0.334. The highest BCUT2D eigenvalue weighted by atomic mass is 16.5. The third-order valence-electron chi connectivity index (χ3n) is 4.20. The second-order valence-electron chi connectivity index (χ2n) is 5.50. The Kier molecular flexibility index (Phi) is 4.83. The molecule has 0 aromatic heterocycles. The maximum absolute atomic E-state index is 12.5. The Balaban J connectivity index is 1.97. The highest BCUT2D eigenvalue weighted by Crippen LogP contribution is 2.24. The Morgan fingerprint density at radius 2 is 1.81 bits per heavy atom. The van der Waals surface area contributed by atoms with Crippen LogP contribution in [0, 0.1) is 5.92 Å². The largest absolute Gasteiger partial charge is 0.497 e. The number of amides is 2. The number of hydrogen-bond donors (Lipinski definition) is 1. The Hall–Kier alpha value is -2.04. The lowest BCUT2D eigenvalue weighted by Crippen LogP contribution is -2.43. The van der Waals surface area contributed by atoms with Gasteiger partial charge in [0.1, 0.15) is 5.75 Å². The first-order valence-electron chi connectivity index (χ1n) is 7.25. The molecule has 1 aliphatic rings. The van der Waals surface area contributed by atoms with Gasteiger partial charge in [-0.25, -0.2) is 0 Å². The molecular formula is C16H22N2O3. The van der Waals surface area contributed by atoms with Gasteiger partial charge in [-0.05, 0) is 37.5 Å². The average Bonchev–Trinajstić information content (AvgIpc) is 2.53. The number of carbonyl (C=O) groups excluding carboxylic acids is 2. The smallest absolute Gasteiger partial charge is 0.229 e. The van der Waals surface area contributed by atoms with Gasteiger partial charge in [-0.1, -0.05) is 12.1 Å². The lowest BCUT2D eigenvalue weighted by atomic mass is 9.94. The van der Waals surface area contributed by atoms with Crippen LogP contribution in [0.3, 0.4) is 0 Å². The van der Waals surface area contributed by atoms with Gasteiger partial charge in [0, 0.05) is 19.0 Å². The maximum atomic E-state index is 12.5. The lowest BCUT2D eigenvalue weighted by molar-refractivity contribution is -0.135. The van der Waals surface area contributed by atoms with Crippen LogP contribution < -0.4 is 10.5 Å². The number of likely N-dealkylation sites (tertiary alicyclic amines) is 1. The summed E-state index contributed by atoms with van der Waals surface area (Å²) < 4.78 is 5.12. The van der Waals surface area contributed by atoms with Crippen molar-refractivity contribution in [3.8, 4) is 5.75 Å². The minimum Gasteiger partial charge on any atom is -0.497 e. The van der Waals surface area contributed by atoms with E-state index in [-0.39, 0.29) is 23.7 Å². The fourth-order valence-electron chi connectivity index (χ4n) is 2.69. The number of ether oxygens (including phenoxy) is 1. The normalized spacial score (nSPS) is 17.3. The molecule has 1 saturated heterocycles. The molecular weight excluding hydrogens is 268 g/mol. The molecule has 114 valence electrons. The molecule has 1 unspecified atom stereocenters. The van der Waals surface area contributed by atoms with Crippen LogP contribution in [-0.4, -0.2) is 36.9 Å². The van der Waals surface area contributed by atoms with E-state index >= 15 is 0 Å². The van der Waals surface area contributed by atoms with Crippen LogP contribution in [-0.2, 0) is 9.59 Å². The second kappa shape index (κ2) is 6.61. The molecule has 1 fully saturated rings. The molecule has 0 radical (unpaired) electrons. The van der Waals surface area contributed by atoms with Crippen molar-refractivity contribution in [1.82, 2.24) is 4.90 Å². The maximum Gasteiger partial charge on any atom is 0.229 e. The summed E-state index contributed by atoms with van der Waals surface area (Å²) >= 11 is 0. The van der Waals surface area contributed by atoms with Gasteiger partial charge in [-0.3, -0.25) is 9.59 Å². The summed E-state index contributed by atoms with van der Waals surface area (Å²) in [6.07, 6.45) is 1.33. The highest BCUT2D eigenvalue weighted by Gasteiger charge is 2.28. The summed E-state index contributed by atoms with van der Waals surface area (Å²) in [4.78, 5) is 25.5. The highest BCUT2D eigenvalue weighted by molar-refractivity contribution is 5.84. The minimum absolute atomic E-state index is 0.0923. The molecule has 1 atom stereocenters. The molecule has 21 heavy (non-hydrogen) atoms. The molecule has 0 saturated carbocycles. The van der Waals surface area contributed by atoms with E-state index in [0.29, 0.717) is 25.9 Å². The number of rotatable bonds is 4. The Morgan fingerprint density at radius 3 is 2.29 bits per heavy atom. The SMILES string of the molecule is COc1ccc(C(C)C(=O)N2CCC(C(N)=O)CC2)cc1. The third kappa shape index (κ3) is 3.54. The fourth-order valence-corrected chi connectivity index (χ4v) is 2.69. The van der Waals surface area contributed by atoms with Crippen molar-refractivity contribution in [3.63, 3.8) is 0 Å². The molecule has 1 aliphatic heterocycles. The van der Waals surface area contributed by atoms with Crippen molar-refractivity contribution in [2.45, 2.75) is 25.7 Å². The van der Waals surface area contributed by atoms with Gasteiger partial charge in [0.2, 0.25) is 11.8 Å².